The molecule has 11 heavy (non-hydrogen) atoms. The van der Waals surface area contributed by atoms with Crippen molar-refractivity contribution in [1.29, 1.82) is 0 Å². The molecule has 1 aromatic rings. The van der Waals surface area contributed by atoms with Crippen molar-refractivity contribution in [3.05, 3.63) is 29.8 Å². The Morgan fingerprint density at radius 2 is 2.36 bits per heavy atom. The van der Waals surface area contributed by atoms with Gasteiger partial charge in [-0.05, 0) is 17.7 Å². The van der Waals surface area contributed by atoms with Crippen LogP contribution < -0.4 is 4.74 Å². The number of benzene rings is 1. The zero-order chi connectivity index (χ0) is 7.68. The first-order valence-corrected chi connectivity index (χ1v) is 3.66. The minimum atomic E-state index is 0.324. The zero-order valence-corrected chi connectivity index (χ0v) is 6.41. The van der Waals surface area contributed by atoms with Crippen LogP contribution in [0.25, 0.3) is 0 Å². The summed E-state index contributed by atoms with van der Waals surface area (Å²) in [6, 6.07) is 7.99. The standard InChI is InChI=1S/C9H10O2/c1-10-8-4-2-3-7(5-8)9-6-11-9/h2-5,9H,6H2,1H3. The molecule has 0 N–H and O–H groups in total. The van der Waals surface area contributed by atoms with Gasteiger partial charge in [0.15, 0.2) is 0 Å². The van der Waals surface area contributed by atoms with Crippen molar-refractivity contribution in [3.63, 3.8) is 0 Å². The Morgan fingerprint density at radius 3 is 3.00 bits per heavy atom. The van der Waals surface area contributed by atoms with E-state index in [1.54, 1.807) is 7.11 Å². The average Bonchev–Trinajstić information content (AvgIpc) is 2.87. The highest BCUT2D eigenvalue weighted by Gasteiger charge is 2.24. The van der Waals surface area contributed by atoms with Crippen LogP contribution in [0.15, 0.2) is 24.3 Å². The van der Waals surface area contributed by atoms with Gasteiger partial charge in [0.05, 0.1) is 13.7 Å². The number of hydrogen-bond donors (Lipinski definition) is 0. The molecule has 1 heterocycles. The third kappa shape index (κ3) is 1.35. The van der Waals surface area contributed by atoms with E-state index in [4.69, 9.17) is 9.47 Å². The first-order valence-electron chi connectivity index (χ1n) is 3.66. The van der Waals surface area contributed by atoms with Crippen LogP contribution in [0, 0.1) is 0 Å². The maximum Gasteiger partial charge on any atom is 0.119 e. The lowest BCUT2D eigenvalue weighted by molar-refractivity contribution is 0.404. The van der Waals surface area contributed by atoms with Crippen LogP contribution in [-0.2, 0) is 4.74 Å². The van der Waals surface area contributed by atoms with E-state index >= 15 is 0 Å². The summed E-state index contributed by atoms with van der Waals surface area (Å²) in [7, 11) is 1.67. The minimum Gasteiger partial charge on any atom is -0.497 e. The summed E-state index contributed by atoms with van der Waals surface area (Å²) in [6.07, 6.45) is 0.324. The summed E-state index contributed by atoms with van der Waals surface area (Å²) >= 11 is 0. The van der Waals surface area contributed by atoms with Crippen molar-refractivity contribution in [2.75, 3.05) is 13.7 Å². The van der Waals surface area contributed by atoms with Crippen LogP contribution in [0.5, 0.6) is 5.75 Å². The highest BCUT2D eigenvalue weighted by Crippen LogP contribution is 2.31. The molecule has 0 amide bonds. The Morgan fingerprint density at radius 1 is 1.55 bits per heavy atom. The second-order valence-corrected chi connectivity index (χ2v) is 2.60. The number of ether oxygens (including phenoxy) is 2. The maximum absolute atomic E-state index is 5.14. The van der Waals surface area contributed by atoms with E-state index in [-0.39, 0.29) is 0 Å². The Balaban J connectivity index is 2.26. The van der Waals surface area contributed by atoms with Crippen molar-refractivity contribution in [1.82, 2.24) is 0 Å². The molecule has 1 aromatic carbocycles. The van der Waals surface area contributed by atoms with Gasteiger partial charge in [0.25, 0.3) is 0 Å². The molecule has 1 aliphatic heterocycles. The van der Waals surface area contributed by atoms with E-state index < -0.39 is 0 Å². The number of epoxide rings is 1. The normalized spacial score (nSPS) is 21.4. The highest BCUT2D eigenvalue weighted by atomic mass is 16.6. The molecular weight excluding hydrogens is 140 g/mol. The number of hydrogen-bond acceptors (Lipinski definition) is 2. The quantitative estimate of drug-likeness (QED) is 0.599. The molecule has 2 rings (SSSR count). The molecular formula is C9H10O2. The van der Waals surface area contributed by atoms with E-state index in [0.29, 0.717) is 6.10 Å². The van der Waals surface area contributed by atoms with Crippen molar-refractivity contribution < 1.29 is 9.47 Å². The average molecular weight is 150 g/mol. The summed E-state index contributed by atoms with van der Waals surface area (Å²) in [5.41, 5.74) is 1.21. The third-order valence-corrected chi connectivity index (χ3v) is 1.80. The van der Waals surface area contributed by atoms with E-state index in [1.165, 1.54) is 5.56 Å². The van der Waals surface area contributed by atoms with Gasteiger partial charge in [-0.3, -0.25) is 0 Å². The predicted octanol–water partition coefficient (Wildman–Crippen LogP) is 1.77. The Hall–Kier alpha value is -1.02. The Bertz CT molecular complexity index is 253. The lowest BCUT2D eigenvalue weighted by atomic mass is 10.1. The van der Waals surface area contributed by atoms with Crippen LogP contribution >= 0.6 is 0 Å². The molecule has 0 spiro atoms. The second-order valence-electron chi connectivity index (χ2n) is 2.60. The van der Waals surface area contributed by atoms with Crippen LogP contribution in [0.1, 0.15) is 11.7 Å². The van der Waals surface area contributed by atoms with Crippen molar-refractivity contribution >= 4 is 0 Å². The minimum absolute atomic E-state index is 0.324. The fourth-order valence-electron chi connectivity index (χ4n) is 1.08. The highest BCUT2D eigenvalue weighted by molar-refractivity contribution is 5.31. The molecule has 1 saturated heterocycles. The zero-order valence-electron chi connectivity index (χ0n) is 6.41. The van der Waals surface area contributed by atoms with Gasteiger partial charge in [-0.25, -0.2) is 0 Å². The molecule has 0 aromatic heterocycles. The van der Waals surface area contributed by atoms with Gasteiger partial charge in [0, 0.05) is 0 Å². The van der Waals surface area contributed by atoms with Gasteiger partial charge in [0.2, 0.25) is 0 Å². The molecule has 2 nitrogen and oxygen atoms in total. The van der Waals surface area contributed by atoms with Crippen molar-refractivity contribution in [3.8, 4) is 5.75 Å². The summed E-state index contributed by atoms with van der Waals surface area (Å²) in [5, 5.41) is 0. The van der Waals surface area contributed by atoms with Gasteiger partial charge < -0.3 is 9.47 Å². The van der Waals surface area contributed by atoms with E-state index in [9.17, 15) is 0 Å². The summed E-state index contributed by atoms with van der Waals surface area (Å²) in [5.74, 6) is 0.901. The molecule has 1 fully saturated rings. The van der Waals surface area contributed by atoms with Gasteiger partial charge in [-0.1, -0.05) is 12.1 Å². The summed E-state index contributed by atoms with van der Waals surface area (Å²) in [6.45, 7) is 0.854. The largest absolute Gasteiger partial charge is 0.497 e. The van der Waals surface area contributed by atoms with Crippen molar-refractivity contribution in [2.45, 2.75) is 6.10 Å². The summed E-state index contributed by atoms with van der Waals surface area (Å²) < 4.78 is 10.2. The molecule has 1 aliphatic rings. The first-order chi connectivity index (χ1) is 5.40. The van der Waals surface area contributed by atoms with Gasteiger partial charge in [-0.15, -0.1) is 0 Å². The topological polar surface area (TPSA) is 21.8 Å². The summed E-state index contributed by atoms with van der Waals surface area (Å²) in [4.78, 5) is 0. The first kappa shape index (κ1) is 6.68. The second kappa shape index (κ2) is 2.55. The van der Waals surface area contributed by atoms with Gasteiger partial charge in [-0.2, -0.15) is 0 Å². The number of rotatable bonds is 2. The molecule has 58 valence electrons. The fourth-order valence-corrected chi connectivity index (χ4v) is 1.08. The fraction of sp³-hybridized carbons (Fsp3) is 0.333. The Labute approximate surface area is 65.7 Å². The van der Waals surface area contributed by atoms with Crippen LogP contribution in [0.2, 0.25) is 0 Å². The van der Waals surface area contributed by atoms with Gasteiger partial charge >= 0.3 is 0 Å². The SMILES string of the molecule is COc1cccc(C2CO2)c1. The van der Waals surface area contributed by atoms with E-state index in [2.05, 4.69) is 6.07 Å². The maximum atomic E-state index is 5.14. The molecule has 0 bridgehead atoms. The number of methoxy groups -OCH3 is 1. The molecule has 1 unspecified atom stereocenters. The molecule has 0 radical (unpaired) electrons. The molecule has 2 heteroatoms. The predicted molar refractivity (Wildman–Crippen MR) is 41.7 cm³/mol. The van der Waals surface area contributed by atoms with E-state index in [1.807, 2.05) is 18.2 Å². The van der Waals surface area contributed by atoms with Gasteiger partial charge in [0.1, 0.15) is 11.9 Å². The molecule has 1 atom stereocenters. The monoisotopic (exact) mass is 150 g/mol. The van der Waals surface area contributed by atoms with Crippen molar-refractivity contribution in [2.24, 2.45) is 0 Å². The smallest absolute Gasteiger partial charge is 0.119 e. The lowest BCUT2D eigenvalue weighted by Gasteiger charge is -2.00. The van der Waals surface area contributed by atoms with Crippen LogP contribution in [0.3, 0.4) is 0 Å². The third-order valence-electron chi connectivity index (χ3n) is 1.80. The Kier molecular flexibility index (Phi) is 1.55. The molecule has 0 saturated carbocycles. The van der Waals surface area contributed by atoms with Crippen LogP contribution in [0.4, 0.5) is 0 Å². The lowest BCUT2D eigenvalue weighted by Crippen LogP contribution is -1.84. The van der Waals surface area contributed by atoms with E-state index in [0.717, 1.165) is 12.4 Å². The van der Waals surface area contributed by atoms with Crippen LogP contribution in [-0.4, -0.2) is 13.7 Å². The molecule has 0 aliphatic carbocycles.